The summed E-state index contributed by atoms with van der Waals surface area (Å²) in [5.41, 5.74) is 6.80. The molecule has 5 heteroatoms. The van der Waals surface area contributed by atoms with Crippen LogP contribution in [0.4, 0.5) is 5.69 Å². The largest absolute Gasteiger partial charge is 0.494 e. The van der Waals surface area contributed by atoms with Crippen LogP contribution in [0, 0.1) is 5.92 Å². The molecule has 0 heterocycles. The van der Waals surface area contributed by atoms with Gasteiger partial charge in [0.1, 0.15) is 0 Å². The maximum atomic E-state index is 12.5. The molecule has 0 aliphatic heterocycles. The lowest BCUT2D eigenvalue weighted by atomic mass is 10.0. The maximum absolute atomic E-state index is 12.5. The van der Waals surface area contributed by atoms with E-state index in [1.165, 1.54) is 7.11 Å². The number of hydrogen-bond acceptors (Lipinski definition) is 4. The average Bonchev–Trinajstić information content (AvgIpc) is 2.36. The summed E-state index contributed by atoms with van der Waals surface area (Å²) in [5.74, 6) is 0.799. The number of ether oxygens (including phenoxy) is 1. The molecule has 1 rings (SSSR count). The topological polar surface area (TPSA) is 67.6 Å². The van der Waals surface area contributed by atoms with Crippen LogP contribution in [0.3, 0.4) is 0 Å². The van der Waals surface area contributed by atoms with E-state index in [4.69, 9.17) is 10.5 Å². The minimum absolute atomic E-state index is 0.0960. The van der Waals surface area contributed by atoms with Crippen LogP contribution in [-0.2, 0) is 0 Å². The summed E-state index contributed by atoms with van der Waals surface area (Å²) in [6.45, 7) is 5.10. The molecule has 0 saturated carbocycles. The number of nitrogens with one attached hydrogen (secondary N) is 1. The summed E-state index contributed by atoms with van der Waals surface area (Å²) in [6, 6.07) is 5.31. The Morgan fingerprint density at radius 2 is 2.05 bits per heavy atom. The van der Waals surface area contributed by atoms with E-state index in [1.54, 1.807) is 18.2 Å². The lowest BCUT2D eigenvalue weighted by Gasteiger charge is -2.24. The summed E-state index contributed by atoms with van der Waals surface area (Å²) in [6.07, 6.45) is 0.925. The second-order valence-corrected chi connectivity index (χ2v) is 5.99. The molecule has 1 amide bonds. The SMILES string of the molecule is COc1c(N)cccc1C(=O)NC(CC(C)C)CN(C)C. The molecule has 0 radical (unpaired) electrons. The highest BCUT2D eigenvalue weighted by Crippen LogP contribution is 2.25. The lowest BCUT2D eigenvalue weighted by molar-refractivity contribution is 0.0921. The molecule has 1 aromatic carbocycles. The molecule has 21 heavy (non-hydrogen) atoms. The smallest absolute Gasteiger partial charge is 0.255 e. The molecular formula is C16H27N3O2. The van der Waals surface area contributed by atoms with Gasteiger partial charge in [0.15, 0.2) is 5.75 Å². The van der Waals surface area contributed by atoms with Crippen molar-refractivity contribution in [2.75, 3.05) is 33.5 Å². The van der Waals surface area contributed by atoms with E-state index in [0.29, 0.717) is 22.9 Å². The number of likely N-dealkylation sites (N-methyl/N-ethyl adjacent to an activating group) is 1. The number of carbonyl (C=O) groups is 1. The first kappa shape index (κ1) is 17.3. The van der Waals surface area contributed by atoms with Crippen molar-refractivity contribution in [2.45, 2.75) is 26.3 Å². The highest BCUT2D eigenvalue weighted by molar-refractivity contribution is 5.98. The van der Waals surface area contributed by atoms with Crippen LogP contribution in [-0.4, -0.2) is 44.6 Å². The van der Waals surface area contributed by atoms with Crippen LogP contribution in [0.15, 0.2) is 18.2 Å². The summed E-state index contributed by atoms with van der Waals surface area (Å²) >= 11 is 0. The number of amides is 1. The number of rotatable bonds is 7. The van der Waals surface area contributed by atoms with Crippen molar-refractivity contribution in [1.29, 1.82) is 0 Å². The molecule has 0 saturated heterocycles. The number of methoxy groups -OCH3 is 1. The fourth-order valence-corrected chi connectivity index (χ4v) is 2.41. The number of hydrogen-bond donors (Lipinski definition) is 2. The van der Waals surface area contributed by atoms with E-state index in [-0.39, 0.29) is 11.9 Å². The third-order valence-corrected chi connectivity index (χ3v) is 3.17. The third-order valence-electron chi connectivity index (χ3n) is 3.17. The van der Waals surface area contributed by atoms with Gasteiger partial charge in [-0.25, -0.2) is 0 Å². The van der Waals surface area contributed by atoms with Gasteiger partial charge in [0, 0.05) is 12.6 Å². The predicted molar refractivity (Wildman–Crippen MR) is 86.7 cm³/mol. The molecule has 0 fully saturated rings. The van der Waals surface area contributed by atoms with Crippen LogP contribution in [0.25, 0.3) is 0 Å². The molecule has 0 bridgehead atoms. The van der Waals surface area contributed by atoms with Gasteiger partial charge in [-0.1, -0.05) is 19.9 Å². The monoisotopic (exact) mass is 293 g/mol. The number of carbonyl (C=O) groups excluding carboxylic acids is 1. The maximum Gasteiger partial charge on any atom is 0.255 e. The number of benzene rings is 1. The van der Waals surface area contributed by atoms with Gasteiger partial charge in [-0.05, 0) is 38.6 Å². The first-order valence-corrected chi connectivity index (χ1v) is 7.23. The Balaban J connectivity index is 2.88. The minimum atomic E-state index is -0.147. The van der Waals surface area contributed by atoms with Gasteiger partial charge in [0.2, 0.25) is 0 Å². The standard InChI is InChI=1S/C16H27N3O2/c1-11(2)9-12(10-19(3)4)18-16(20)13-7-6-8-14(17)15(13)21-5/h6-8,11-12H,9-10,17H2,1-5H3,(H,18,20). The van der Waals surface area contributed by atoms with Crippen molar-refractivity contribution < 1.29 is 9.53 Å². The molecule has 3 N–H and O–H groups in total. The van der Waals surface area contributed by atoms with Crippen LogP contribution in [0.1, 0.15) is 30.6 Å². The molecule has 1 unspecified atom stereocenters. The Hall–Kier alpha value is -1.75. The van der Waals surface area contributed by atoms with E-state index in [2.05, 4.69) is 24.1 Å². The van der Waals surface area contributed by atoms with Gasteiger partial charge in [-0.2, -0.15) is 0 Å². The van der Waals surface area contributed by atoms with Crippen molar-refractivity contribution in [3.63, 3.8) is 0 Å². The predicted octanol–water partition coefficient (Wildman–Crippen LogP) is 1.98. The normalized spacial score (nSPS) is 12.5. The quantitative estimate of drug-likeness (QED) is 0.754. The highest BCUT2D eigenvalue weighted by atomic mass is 16.5. The zero-order chi connectivity index (χ0) is 16.0. The van der Waals surface area contributed by atoms with Crippen LogP contribution in [0.5, 0.6) is 5.75 Å². The van der Waals surface area contributed by atoms with E-state index in [1.807, 2.05) is 14.1 Å². The van der Waals surface area contributed by atoms with E-state index in [0.717, 1.165) is 13.0 Å². The average molecular weight is 293 g/mol. The van der Waals surface area contributed by atoms with Crippen molar-refractivity contribution in [3.8, 4) is 5.75 Å². The second-order valence-electron chi connectivity index (χ2n) is 5.99. The molecule has 0 aliphatic carbocycles. The van der Waals surface area contributed by atoms with Crippen LogP contribution >= 0.6 is 0 Å². The fourth-order valence-electron chi connectivity index (χ4n) is 2.41. The fraction of sp³-hybridized carbons (Fsp3) is 0.562. The minimum Gasteiger partial charge on any atom is -0.494 e. The molecule has 0 aliphatic rings. The van der Waals surface area contributed by atoms with Crippen molar-refractivity contribution >= 4 is 11.6 Å². The first-order chi connectivity index (χ1) is 9.85. The Labute approximate surface area is 127 Å². The number of para-hydroxylation sites is 1. The lowest BCUT2D eigenvalue weighted by Crippen LogP contribution is -2.42. The van der Waals surface area contributed by atoms with Gasteiger partial charge in [0.25, 0.3) is 5.91 Å². The third kappa shape index (κ3) is 5.27. The molecular weight excluding hydrogens is 266 g/mol. The van der Waals surface area contributed by atoms with Gasteiger partial charge >= 0.3 is 0 Å². The molecule has 5 nitrogen and oxygen atoms in total. The highest BCUT2D eigenvalue weighted by Gasteiger charge is 2.19. The van der Waals surface area contributed by atoms with E-state index < -0.39 is 0 Å². The number of nitrogens with zero attached hydrogens (tertiary/aromatic N) is 1. The first-order valence-electron chi connectivity index (χ1n) is 7.23. The number of nitrogen functional groups attached to an aromatic ring is 1. The van der Waals surface area contributed by atoms with E-state index in [9.17, 15) is 4.79 Å². The molecule has 1 atom stereocenters. The Bertz CT molecular complexity index is 463. The number of nitrogens with two attached hydrogens (primary N) is 1. The van der Waals surface area contributed by atoms with Crippen molar-refractivity contribution in [2.24, 2.45) is 5.92 Å². The molecule has 1 aromatic rings. The summed E-state index contributed by atoms with van der Waals surface area (Å²) in [7, 11) is 5.52. The number of anilines is 1. The van der Waals surface area contributed by atoms with Gasteiger partial charge < -0.3 is 20.7 Å². The van der Waals surface area contributed by atoms with E-state index >= 15 is 0 Å². The Morgan fingerprint density at radius 3 is 2.57 bits per heavy atom. The molecule has 118 valence electrons. The Morgan fingerprint density at radius 1 is 1.38 bits per heavy atom. The van der Waals surface area contributed by atoms with Gasteiger partial charge in [-0.15, -0.1) is 0 Å². The van der Waals surface area contributed by atoms with Crippen molar-refractivity contribution in [1.82, 2.24) is 10.2 Å². The molecule has 0 spiro atoms. The Kier molecular flexibility index (Phi) is 6.49. The van der Waals surface area contributed by atoms with Crippen LogP contribution < -0.4 is 15.8 Å². The summed E-state index contributed by atoms with van der Waals surface area (Å²) in [4.78, 5) is 14.6. The zero-order valence-corrected chi connectivity index (χ0v) is 13.6. The van der Waals surface area contributed by atoms with Gasteiger partial charge in [-0.3, -0.25) is 4.79 Å². The van der Waals surface area contributed by atoms with Crippen molar-refractivity contribution in [3.05, 3.63) is 23.8 Å². The molecule has 0 aromatic heterocycles. The second kappa shape index (κ2) is 7.88. The van der Waals surface area contributed by atoms with Gasteiger partial charge in [0.05, 0.1) is 18.4 Å². The summed E-state index contributed by atoms with van der Waals surface area (Å²) in [5, 5.41) is 3.08. The zero-order valence-electron chi connectivity index (χ0n) is 13.6. The summed E-state index contributed by atoms with van der Waals surface area (Å²) < 4.78 is 5.24. The van der Waals surface area contributed by atoms with Crippen LogP contribution in [0.2, 0.25) is 0 Å².